The minimum Gasteiger partial charge on any atom is -0.389 e. The molecule has 0 aromatic carbocycles. The van der Waals surface area contributed by atoms with Gasteiger partial charge >= 0.3 is 0 Å². The van der Waals surface area contributed by atoms with E-state index < -0.39 is 10.0 Å². The molecular formula is C24H31ClN4O3S. The van der Waals surface area contributed by atoms with E-state index in [9.17, 15) is 8.42 Å². The highest BCUT2D eigenvalue weighted by molar-refractivity contribution is 7.89. The minimum atomic E-state index is -3.64. The molecule has 1 aromatic heterocycles. The Morgan fingerprint density at radius 1 is 1.09 bits per heavy atom. The molecule has 0 radical (unpaired) electrons. The maximum absolute atomic E-state index is 13.2. The molecule has 2 aliphatic heterocycles. The largest absolute Gasteiger partial charge is 0.389 e. The van der Waals surface area contributed by atoms with Gasteiger partial charge in [-0.3, -0.25) is 0 Å². The van der Waals surface area contributed by atoms with Crippen LogP contribution in [0.3, 0.4) is 0 Å². The Morgan fingerprint density at radius 3 is 2.58 bits per heavy atom. The molecular weight excluding hydrogens is 460 g/mol. The molecule has 0 amide bonds. The molecule has 1 aromatic rings. The number of halogens is 1. The number of aromatic nitrogens is 1. The lowest BCUT2D eigenvalue weighted by atomic mass is 9.46. The summed E-state index contributed by atoms with van der Waals surface area (Å²) in [7, 11) is -3.64. The van der Waals surface area contributed by atoms with Crippen molar-refractivity contribution in [3.63, 3.8) is 0 Å². The van der Waals surface area contributed by atoms with Gasteiger partial charge in [-0.2, -0.15) is 0 Å². The quantitative estimate of drug-likeness (QED) is 0.675. The summed E-state index contributed by atoms with van der Waals surface area (Å²) in [5.74, 6) is 3.88. The van der Waals surface area contributed by atoms with Gasteiger partial charge in [0.25, 0.3) is 0 Å². The lowest BCUT2D eigenvalue weighted by molar-refractivity contribution is -0.0913. The van der Waals surface area contributed by atoms with E-state index in [-0.39, 0.29) is 16.5 Å². The van der Waals surface area contributed by atoms with Crippen LogP contribution >= 0.6 is 11.6 Å². The van der Waals surface area contributed by atoms with E-state index in [1.807, 2.05) is 0 Å². The van der Waals surface area contributed by atoms with E-state index in [2.05, 4.69) is 19.8 Å². The topological polar surface area (TPSA) is 83.9 Å². The first-order valence-electron chi connectivity index (χ1n) is 12.6. The Bertz CT molecular complexity index is 1110. The van der Waals surface area contributed by atoms with Crippen molar-refractivity contribution in [3.8, 4) is 0 Å². The number of pyridine rings is 1. The number of sulfonamides is 1. The molecule has 4 bridgehead atoms. The van der Waals surface area contributed by atoms with Crippen molar-refractivity contribution in [2.75, 3.05) is 18.0 Å². The number of hydrogen-bond acceptors (Lipinski definition) is 6. The smallest absolute Gasteiger partial charge is 0.242 e. The number of nitrogens with one attached hydrogen (secondary N) is 1. The lowest BCUT2D eigenvalue weighted by Crippen LogP contribution is -2.62. The van der Waals surface area contributed by atoms with Gasteiger partial charge in [-0.25, -0.2) is 18.1 Å². The number of piperidine rings is 1. The van der Waals surface area contributed by atoms with Crippen LogP contribution in [0, 0.1) is 29.6 Å². The highest BCUT2D eigenvalue weighted by Crippen LogP contribution is 2.60. The van der Waals surface area contributed by atoms with E-state index >= 15 is 0 Å². The molecule has 5 saturated carbocycles. The van der Waals surface area contributed by atoms with Crippen LogP contribution in [-0.4, -0.2) is 43.8 Å². The van der Waals surface area contributed by atoms with Gasteiger partial charge in [0.05, 0.1) is 10.7 Å². The predicted octanol–water partition coefficient (Wildman–Crippen LogP) is 3.97. The van der Waals surface area contributed by atoms with Crippen molar-refractivity contribution >= 4 is 33.2 Å². The molecule has 5 unspecified atom stereocenters. The third-order valence-corrected chi connectivity index (χ3v) is 11.2. The highest BCUT2D eigenvalue weighted by Gasteiger charge is 2.56. The number of rotatable bonds is 5. The first kappa shape index (κ1) is 20.9. The van der Waals surface area contributed by atoms with Gasteiger partial charge in [-0.1, -0.05) is 16.8 Å². The third kappa shape index (κ3) is 3.42. The molecule has 3 heterocycles. The van der Waals surface area contributed by atoms with Gasteiger partial charge in [0.15, 0.2) is 0 Å². The molecule has 7 nitrogen and oxygen atoms in total. The number of oxime groups is 1. The molecule has 1 N–H and O–H groups in total. The zero-order valence-electron chi connectivity index (χ0n) is 18.7. The van der Waals surface area contributed by atoms with Crippen LogP contribution in [0.2, 0.25) is 5.02 Å². The second-order valence-electron chi connectivity index (χ2n) is 11.3. The first-order chi connectivity index (χ1) is 15.9. The second-order valence-corrected chi connectivity index (χ2v) is 13.4. The molecule has 6 fully saturated rings. The van der Waals surface area contributed by atoms with Crippen LogP contribution in [0.5, 0.6) is 0 Å². The monoisotopic (exact) mass is 490 g/mol. The predicted molar refractivity (Wildman–Crippen MR) is 126 cm³/mol. The average Bonchev–Trinajstić information content (AvgIpc) is 3.56. The van der Waals surface area contributed by atoms with E-state index in [1.165, 1.54) is 44.0 Å². The summed E-state index contributed by atoms with van der Waals surface area (Å²) in [5, 5.41) is 4.78. The van der Waals surface area contributed by atoms with Crippen molar-refractivity contribution in [1.29, 1.82) is 0 Å². The molecule has 5 aliphatic carbocycles. The molecule has 33 heavy (non-hydrogen) atoms. The summed E-state index contributed by atoms with van der Waals surface area (Å²) in [4.78, 5) is 12.7. The maximum atomic E-state index is 13.2. The SMILES string of the molecule is O=S(=O)(NC1C2CCC3C(C2)CC31)c1cnc(N2CCC3(CC2)CC(C2CC2)=NO3)c(Cl)c1. The van der Waals surface area contributed by atoms with E-state index in [0.717, 1.165) is 50.6 Å². The van der Waals surface area contributed by atoms with Crippen molar-refractivity contribution in [1.82, 2.24) is 9.71 Å². The van der Waals surface area contributed by atoms with Gasteiger partial charge in [0.2, 0.25) is 10.0 Å². The van der Waals surface area contributed by atoms with Crippen molar-refractivity contribution in [3.05, 3.63) is 17.3 Å². The molecule has 5 atom stereocenters. The Morgan fingerprint density at radius 2 is 1.91 bits per heavy atom. The van der Waals surface area contributed by atoms with Gasteiger partial charge in [-0.05, 0) is 68.3 Å². The molecule has 178 valence electrons. The lowest BCUT2D eigenvalue weighted by Gasteiger charge is -2.61. The maximum Gasteiger partial charge on any atom is 0.242 e. The second kappa shape index (κ2) is 7.31. The normalized spacial score (nSPS) is 36.5. The fourth-order valence-electron chi connectivity index (χ4n) is 7.38. The van der Waals surface area contributed by atoms with Crippen molar-refractivity contribution < 1.29 is 13.3 Å². The number of anilines is 1. The van der Waals surface area contributed by atoms with E-state index in [1.54, 1.807) is 6.07 Å². The number of fused-ring (bicyclic) bond motifs is 1. The Balaban J connectivity index is 1.03. The summed E-state index contributed by atoms with van der Waals surface area (Å²) in [6.07, 6.45) is 11.4. The summed E-state index contributed by atoms with van der Waals surface area (Å²) < 4.78 is 29.4. The summed E-state index contributed by atoms with van der Waals surface area (Å²) in [6.45, 7) is 1.55. The molecule has 1 saturated heterocycles. The Kier molecular flexibility index (Phi) is 4.64. The van der Waals surface area contributed by atoms with Crippen LogP contribution < -0.4 is 9.62 Å². The fourth-order valence-corrected chi connectivity index (χ4v) is 9.06. The molecule has 8 rings (SSSR count). The van der Waals surface area contributed by atoms with Gasteiger partial charge < -0.3 is 9.74 Å². The zero-order valence-corrected chi connectivity index (χ0v) is 20.3. The number of nitrogens with zero attached hydrogens (tertiary/aromatic N) is 3. The van der Waals surface area contributed by atoms with E-state index in [4.69, 9.17) is 16.4 Å². The van der Waals surface area contributed by atoms with Gasteiger partial charge in [0.1, 0.15) is 16.3 Å². The molecule has 9 heteroatoms. The first-order valence-corrected chi connectivity index (χ1v) is 14.4. The Hall–Kier alpha value is -1.38. The summed E-state index contributed by atoms with van der Waals surface area (Å²) in [5.41, 5.74) is 1.07. The van der Waals surface area contributed by atoms with Crippen molar-refractivity contribution in [2.45, 2.75) is 74.3 Å². The van der Waals surface area contributed by atoms with Crippen LogP contribution in [0.25, 0.3) is 0 Å². The highest BCUT2D eigenvalue weighted by atomic mass is 35.5. The Labute approximate surface area is 200 Å². The van der Waals surface area contributed by atoms with Crippen LogP contribution in [0.1, 0.15) is 57.8 Å². The van der Waals surface area contributed by atoms with Gasteiger partial charge in [0, 0.05) is 50.5 Å². The van der Waals surface area contributed by atoms with Crippen LogP contribution in [-0.2, 0) is 14.9 Å². The van der Waals surface area contributed by atoms with Crippen LogP contribution in [0.15, 0.2) is 22.3 Å². The van der Waals surface area contributed by atoms with Crippen LogP contribution in [0.4, 0.5) is 5.82 Å². The minimum absolute atomic E-state index is 0.0737. The molecule has 7 aliphatic rings. The summed E-state index contributed by atoms with van der Waals surface area (Å²) >= 11 is 6.58. The van der Waals surface area contributed by atoms with E-state index in [0.29, 0.717) is 28.6 Å². The number of hydrogen-bond donors (Lipinski definition) is 1. The average molecular weight is 491 g/mol. The molecule has 1 spiro atoms. The zero-order chi connectivity index (χ0) is 22.4. The summed E-state index contributed by atoms with van der Waals surface area (Å²) in [6, 6.07) is 1.64. The van der Waals surface area contributed by atoms with Gasteiger partial charge in [-0.15, -0.1) is 0 Å². The fraction of sp³-hybridized carbons (Fsp3) is 0.750. The standard InChI is InChI=1S/C24H31ClN4O3S/c25-20-11-17(33(30,31)28-22-15-3-4-18-16(9-15)10-19(18)22)13-26-23(20)29-7-5-24(6-8-29)12-21(27-32-24)14-1-2-14/h11,13-16,18-19,22,28H,1-10,12H2. The third-order valence-electron chi connectivity index (χ3n) is 9.46. The van der Waals surface area contributed by atoms with Crippen molar-refractivity contribution in [2.24, 2.45) is 34.7 Å².